The van der Waals surface area contributed by atoms with Crippen LogP contribution in [0.5, 0.6) is 0 Å². The fourth-order valence-electron chi connectivity index (χ4n) is 2.35. The van der Waals surface area contributed by atoms with Crippen molar-refractivity contribution >= 4 is 29.0 Å². The smallest absolute Gasteiger partial charge is 0.319 e. The molecule has 0 radical (unpaired) electrons. The number of anilines is 1. The third-order valence-electron chi connectivity index (χ3n) is 3.69. The lowest BCUT2D eigenvalue weighted by atomic mass is 10.2. The highest BCUT2D eigenvalue weighted by molar-refractivity contribution is 7.10. The van der Waals surface area contributed by atoms with Crippen LogP contribution in [0.2, 0.25) is 0 Å². The second kappa shape index (κ2) is 9.19. The molecular weight excluding hydrogens is 336 g/mol. The summed E-state index contributed by atoms with van der Waals surface area (Å²) in [6.07, 6.45) is 0. The Morgan fingerprint density at radius 2 is 1.84 bits per heavy atom. The highest BCUT2D eigenvalue weighted by atomic mass is 32.1. The number of benzene rings is 1. The molecule has 0 spiro atoms. The van der Waals surface area contributed by atoms with Crippen LogP contribution in [-0.2, 0) is 0 Å². The number of hydrogen-bond acceptors (Lipinski definition) is 4. The number of likely N-dealkylation sites (N-methyl/N-ethyl adjacent to an activating group) is 1. The van der Waals surface area contributed by atoms with E-state index in [2.05, 4.69) is 26.9 Å². The Labute approximate surface area is 152 Å². The van der Waals surface area contributed by atoms with Crippen LogP contribution >= 0.6 is 11.3 Å². The van der Waals surface area contributed by atoms with Gasteiger partial charge >= 0.3 is 6.03 Å². The molecule has 1 unspecified atom stereocenters. The number of thiophene rings is 1. The summed E-state index contributed by atoms with van der Waals surface area (Å²) in [5.74, 6) is -0.122. The minimum atomic E-state index is -0.269. The SMILES string of the molecule is CCNC(=O)c1ccc(NC(=O)NCC(c2cccs2)N(C)C)cc1. The predicted octanol–water partition coefficient (Wildman–Crippen LogP) is 2.92. The maximum atomic E-state index is 12.1. The quantitative estimate of drug-likeness (QED) is 0.711. The van der Waals surface area contributed by atoms with Gasteiger partial charge in [0.05, 0.1) is 6.04 Å². The number of carbonyl (C=O) groups excluding carboxylic acids is 2. The van der Waals surface area contributed by atoms with Gasteiger partial charge in [0, 0.05) is 29.2 Å². The molecule has 2 rings (SSSR count). The van der Waals surface area contributed by atoms with Gasteiger partial charge in [-0.2, -0.15) is 0 Å². The van der Waals surface area contributed by atoms with Gasteiger partial charge in [-0.3, -0.25) is 4.79 Å². The van der Waals surface area contributed by atoms with Gasteiger partial charge in [0.15, 0.2) is 0 Å². The van der Waals surface area contributed by atoms with Gasteiger partial charge in [0.25, 0.3) is 5.91 Å². The summed E-state index contributed by atoms with van der Waals surface area (Å²) in [5, 5.41) is 10.4. The van der Waals surface area contributed by atoms with Crippen LogP contribution in [-0.4, -0.2) is 44.0 Å². The molecule has 0 fully saturated rings. The monoisotopic (exact) mass is 360 g/mol. The molecule has 6 nitrogen and oxygen atoms in total. The van der Waals surface area contributed by atoms with Gasteiger partial charge in [-0.1, -0.05) is 6.07 Å². The van der Waals surface area contributed by atoms with E-state index in [9.17, 15) is 9.59 Å². The number of nitrogens with zero attached hydrogens (tertiary/aromatic N) is 1. The average Bonchev–Trinajstić information content (AvgIpc) is 3.10. The van der Waals surface area contributed by atoms with Crippen molar-refractivity contribution < 1.29 is 9.59 Å². The zero-order chi connectivity index (χ0) is 18.2. The van der Waals surface area contributed by atoms with E-state index in [1.54, 1.807) is 35.6 Å². The summed E-state index contributed by atoms with van der Waals surface area (Å²) in [4.78, 5) is 27.1. The standard InChI is InChI=1S/C18H24N4O2S/c1-4-19-17(23)13-7-9-14(10-8-13)21-18(24)20-12-15(22(2)3)16-6-5-11-25-16/h5-11,15H,4,12H2,1-3H3,(H,19,23)(H2,20,21,24). The van der Waals surface area contributed by atoms with Crippen molar-refractivity contribution in [3.63, 3.8) is 0 Å². The van der Waals surface area contributed by atoms with Gasteiger partial charge in [-0.15, -0.1) is 11.3 Å². The summed E-state index contributed by atoms with van der Waals surface area (Å²) in [6.45, 7) is 2.96. The van der Waals surface area contributed by atoms with Gasteiger partial charge in [0.2, 0.25) is 0 Å². The topological polar surface area (TPSA) is 73.5 Å². The second-order valence-electron chi connectivity index (χ2n) is 5.77. The van der Waals surface area contributed by atoms with Crippen LogP contribution in [0.15, 0.2) is 41.8 Å². The molecule has 1 aromatic carbocycles. The highest BCUT2D eigenvalue weighted by Crippen LogP contribution is 2.22. The molecule has 0 aliphatic heterocycles. The first-order valence-electron chi connectivity index (χ1n) is 8.14. The fraction of sp³-hybridized carbons (Fsp3) is 0.333. The van der Waals surface area contributed by atoms with Gasteiger partial charge in [-0.05, 0) is 56.7 Å². The molecular formula is C18H24N4O2S. The zero-order valence-electron chi connectivity index (χ0n) is 14.7. The molecule has 0 aliphatic rings. The molecule has 25 heavy (non-hydrogen) atoms. The van der Waals surface area contributed by atoms with E-state index in [1.807, 2.05) is 32.5 Å². The van der Waals surface area contributed by atoms with Crippen molar-refractivity contribution in [2.24, 2.45) is 0 Å². The van der Waals surface area contributed by atoms with Crippen molar-refractivity contribution in [2.45, 2.75) is 13.0 Å². The van der Waals surface area contributed by atoms with E-state index >= 15 is 0 Å². The first-order chi connectivity index (χ1) is 12.0. The maximum absolute atomic E-state index is 12.1. The Bertz CT molecular complexity index is 684. The number of carbonyl (C=O) groups is 2. The highest BCUT2D eigenvalue weighted by Gasteiger charge is 2.16. The van der Waals surface area contributed by atoms with Crippen LogP contribution in [0, 0.1) is 0 Å². The number of amides is 3. The Hall–Kier alpha value is -2.38. The van der Waals surface area contributed by atoms with E-state index in [1.165, 1.54) is 4.88 Å². The van der Waals surface area contributed by atoms with E-state index in [-0.39, 0.29) is 18.0 Å². The lowest BCUT2D eigenvalue weighted by Crippen LogP contribution is -2.36. The summed E-state index contributed by atoms with van der Waals surface area (Å²) < 4.78 is 0. The van der Waals surface area contributed by atoms with Crippen LogP contribution in [0.3, 0.4) is 0 Å². The Kier molecular flexibility index (Phi) is 6.97. The third kappa shape index (κ3) is 5.58. The molecule has 0 saturated heterocycles. The number of hydrogen-bond donors (Lipinski definition) is 3. The van der Waals surface area contributed by atoms with Crippen molar-refractivity contribution in [3.8, 4) is 0 Å². The van der Waals surface area contributed by atoms with Crippen molar-refractivity contribution in [3.05, 3.63) is 52.2 Å². The minimum Gasteiger partial charge on any atom is -0.352 e. The average molecular weight is 360 g/mol. The molecule has 0 aliphatic carbocycles. The van der Waals surface area contributed by atoms with Crippen LogP contribution in [0.25, 0.3) is 0 Å². The van der Waals surface area contributed by atoms with Gasteiger partial charge < -0.3 is 20.9 Å². The molecule has 0 saturated carbocycles. The number of urea groups is 1. The molecule has 3 amide bonds. The third-order valence-corrected chi connectivity index (χ3v) is 4.67. The van der Waals surface area contributed by atoms with Crippen molar-refractivity contribution in [2.75, 3.05) is 32.5 Å². The largest absolute Gasteiger partial charge is 0.352 e. The van der Waals surface area contributed by atoms with E-state index in [0.29, 0.717) is 24.3 Å². The Balaban J connectivity index is 1.88. The van der Waals surface area contributed by atoms with Crippen LogP contribution < -0.4 is 16.0 Å². The summed E-state index contributed by atoms with van der Waals surface area (Å²) >= 11 is 1.67. The molecule has 2 aromatic rings. The minimum absolute atomic E-state index is 0.122. The Morgan fingerprint density at radius 1 is 1.12 bits per heavy atom. The van der Waals surface area contributed by atoms with Gasteiger partial charge in [0.1, 0.15) is 0 Å². The lowest BCUT2D eigenvalue weighted by Gasteiger charge is -2.23. The number of nitrogens with one attached hydrogen (secondary N) is 3. The number of rotatable bonds is 7. The molecule has 0 bridgehead atoms. The predicted molar refractivity (Wildman–Crippen MR) is 102 cm³/mol. The van der Waals surface area contributed by atoms with Gasteiger partial charge in [-0.25, -0.2) is 4.79 Å². The van der Waals surface area contributed by atoms with Crippen molar-refractivity contribution in [1.82, 2.24) is 15.5 Å². The van der Waals surface area contributed by atoms with Crippen LogP contribution in [0.4, 0.5) is 10.5 Å². The van der Waals surface area contributed by atoms with E-state index in [4.69, 9.17) is 0 Å². The molecule has 3 N–H and O–H groups in total. The zero-order valence-corrected chi connectivity index (χ0v) is 15.5. The maximum Gasteiger partial charge on any atom is 0.319 e. The lowest BCUT2D eigenvalue weighted by molar-refractivity contribution is 0.0956. The van der Waals surface area contributed by atoms with E-state index < -0.39 is 0 Å². The summed E-state index contributed by atoms with van der Waals surface area (Å²) in [6, 6.07) is 10.7. The molecule has 1 atom stereocenters. The summed E-state index contributed by atoms with van der Waals surface area (Å²) in [7, 11) is 3.98. The second-order valence-corrected chi connectivity index (χ2v) is 6.75. The van der Waals surface area contributed by atoms with Crippen molar-refractivity contribution in [1.29, 1.82) is 0 Å². The van der Waals surface area contributed by atoms with E-state index in [0.717, 1.165) is 0 Å². The fourth-order valence-corrected chi connectivity index (χ4v) is 3.27. The molecule has 134 valence electrons. The van der Waals surface area contributed by atoms with Crippen LogP contribution in [0.1, 0.15) is 28.2 Å². The normalized spacial score (nSPS) is 11.8. The molecule has 1 aromatic heterocycles. The Morgan fingerprint density at radius 3 is 2.40 bits per heavy atom. The first kappa shape index (κ1) is 19.0. The summed E-state index contributed by atoms with van der Waals surface area (Å²) in [5.41, 5.74) is 1.21. The molecule has 7 heteroatoms. The first-order valence-corrected chi connectivity index (χ1v) is 9.02. The molecule has 1 heterocycles.